The van der Waals surface area contributed by atoms with Gasteiger partial charge in [-0.15, -0.1) is 0 Å². The highest BCUT2D eigenvalue weighted by molar-refractivity contribution is 5.88. The van der Waals surface area contributed by atoms with E-state index in [2.05, 4.69) is 36.2 Å². The van der Waals surface area contributed by atoms with Crippen LogP contribution in [0.2, 0.25) is 0 Å². The van der Waals surface area contributed by atoms with Gasteiger partial charge in [-0.1, -0.05) is 39.4 Å². The minimum Gasteiger partial charge on any atom is -0.460 e. The van der Waals surface area contributed by atoms with Gasteiger partial charge in [0.15, 0.2) is 12.6 Å². The summed E-state index contributed by atoms with van der Waals surface area (Å²) in [7, 11) is 4.98. The normalized spacial score (nSPS) is 46.2. The van der Waals surface area contributed by atoms with Crippen molar-refractivity contribution < 1.29 is 53.0 Å². The van der Waals surface area contributed by atoms with Crippen molar-refractivity contribution in [1.82, 2.24) is 10.6 Å². The number of nitrogens with zero attached hydrogens (tertiary/aromatic N) is 1. The molecule has 3 rings (SSSR count). The van der Waals surface area contributed by atoms with Crippen LogP contribution in [0.3, 0.4) is 0 Å². The SMILES string of the molecule is C=CO/N=C1/C(C)CNC(C)C(CC)OC(=O)[C@H](C)C(O[C@H]2C[C@@](C)(OC)[C@@H](O)[C@H](C)O2)[C@H](C)[C@@H](O[C@@H]2O[C@H](C)C[C@H](NC)[C@H]2O)[C@@](C)(OC)C[C@H]1C. The average Bonchev–Trinajstić information content (AvgIpc) is 3.12. The van der Waals surface area contributed by atoms with E-state index in [0.717, 1.165) is 5.71 Å². The zero-order valence-corrected chi connectivity index (χ0v) is 34.5. The molecule has 3 heterocycles. The molecule has 3 saturated heterocycles. The summed E-state index contributed by atoms with van der Waals surface area (Å²) in [6, 6.07) is -0.447. The maximum Gasteiger partial charge on any atom is 0.311 e. The molecule has 53 heavy (non-hydrogen) atoms. The number of carbonyl (C=O) groups excluding carboxylic acids is 1. The van der Waals surface area contributed by atoms with Gasteiger partial charge < -0.3 is 58.8 Å². The van der Waals surface area contributed by atoms with E-state index >= 15 is 0 Å². The Balaban J connectivity index is 2.22. The third kappa shape index (κ3) is 11.0. The van der Waals surface area contributed by atoms with Crippen LogP contribution in [-0.4, -0.2) is 128 Å². The number of nitrogens with one attached hydrogen (secondary N) is 2. The van der Waals surface area contributed by atoms with E-state index in [4.69, 9.17) is 38.0 Å². The molecule has 14 nitrogen and oxygen atoms in total. The zero-order valence-electron chi connectivity index (χ0n) is 34.5. The van der Waals surface area contributed by atoms with Gasteiger partial charge in [0.2, 0.25) is 0 Å². The number of oxime groups is 1. The fourth-order valence-corrected chi connectivity index (χ4v) is 8.38. The van der Waals surface area contributed by atoms with Gasteiger partial charge in [0.1, 0.15) is 24.6 Å². The Kier molecular flexibility index (Phi) is 17.2. The highest BCUT2D eigenvalue weighted by atomic mass is 16.7. The first-order valence-corrected chi connectivity index (χ1v) is 19.4. The van der Waals surface area contributed by atoms with Crippen molar-refractivity contribution in [2.75, 3.05) is 27.8 Å². The van der Waals surface area contributed by atoms with E-state index in [0.29, 0.717) is 25.8 Å². The lowest BCUT2D eigenvalue weighted by atomic mass is 9.76. The number of aliphatic hydroxyl groups excluding tert-OH is 2. The van der Waals surface area contributed by atoms with Crippen molar-refractivity contribution in [2.24, 2.45) is 28.8 Å². The summed E-state index contributed by atoms with van der Waals surface area (Å²) in [5.41, 5.74) is -1.23. The third-order valence-corrected chi connectivity index (χ3v) is 11.9. The maximum absolute atomic E-state index is 14.2. The Hall–Kier alpha value is -1.72. The molecular weight excluding hydrogens is 686 g/mol. The van der Waals surface area contributed by atoms with Gasteiger partial charge in [-0.3, -0.25) is 4.79 Å². The lowest BCUT2D eigenvalue weighted by Gasteiger charge is -2.49. The van der Waals surface area contributed by atoms with Crippen molar-refractivity contribution in [2.45, 2.75) is 174 Å². The highest BCUT2D eigenvalue weighted by Crippen LogP contribution is 2.40. The second kappa shape index (κ2) is 19.9. The molecule has 0 radical (unpaired) electrons. The van der Waals surface area contributed by atoms with Crippen LogP contribution < -0.4 is 10.6 Å². The molecule has 0 spiro atoms. The minimum atomic E-state index is -1.05. The van der Waals surface area contributed by atoms with Crippen molar-refractivity contribution in [3.05, 3.63) is 12.8 Å². The second-order valence-electron chi connectivity index (χ2n) is 16.1. The molecule has 3 aliphatic rings. The summed E-state index contributed by atoms with van der Waals surface area (Å²) in [5, 5.41) is 33.7. The first-order chi connectivity index (χ1) is 24.9. The topological polar surface area (TPSA) is 168 Å². The number of likely N-dealkylation sites (N-methyl/N-ethyl adjacent to an activating group) is 1. The maximum atomic E-state index is 14.2. The van der Waals surface area contributed by atoms with Gasteiger partial charge in [-0.2, -0.15) is 0 Å². The highest BCUT2D eigenvalue weighted by Gasteiger charge is 2.52. The van der Waals surface area contributed by atoms with Gasteiger partial charge in [0, 0.05) is 57.0 Å². The summed E-state index contributed by atoms with van der Waals surface area (Å²) in [4.78, 5) is 19.7. The number of hydrogen-bond donors (Lipinski definition) is 4. The molecule has 0 aromatic carbocycles. The standard InChI is InChI=1S/C39H71N3O11/c1-15-29-26(8)41-20-22(4)31(42-48-16-2)21(3)18-39(11,47-14)35(53-37-32(43)28(40-12)17-23(5)49-37)24(6)33(25(7)36(45)51-29)52-30-19-38(10,46-13)34(44)27(9)50-30/h16,21-30,32-35,37,40-41,43-44H,2,15,17-20H2,1,3-14H3/b42-31+/t21-,22?,23-,24+,25-,26?,27+,28+,29?,30+,32-,33?,34+,35-,37+,38-,39+/m1/s1. The molecule has 14 heteroatoms. The van der Waals surface area contributed by atoms with Crippen LogP contribution in [0.4, 0.5) is 0 Å². The van der Waals surface area contributed by atoms with Crippen LogP contribution in [0.15, 0.2) is 18.0 Å². The summed E-state index contributed by atoms with van der Waals surface area (Å²) < 4.78 is 44.7. The Morgan fingerprint density at radius 2 is 1.66 bits per heavy atom. The molecule has 3 aliphatic heterocycles. The molecular formula is C39H71N3O11. The lowest BCUT2D eigenvalue weighted by Crippen LogP contribution is -2.60. The predicted octanol–water partition coefficient (Wildman–Crippen LogP) is 3.91. The summed E-state index contributed by atoms with van der Waals surface area (Å²) in [5.74, 6) is -2.08. The van der Waals surface area contributed by atoms with Crippen LogP contribution in [0.25, 0.3) is 0 Å². The van der Waals surface area contributed by atoms with Crippen LogP contribution >= 0.6 is 0 Å². The van der Waals surface area contributed by atoms with E-state index < -0.39 is 78.2 Å². The summed E-state index contributed by atoms with van der Waals surface area (Å²) in [6.45, 7) is 23.6. The van der Waals surface area contributed by atoms with Crippen molar-refractivity contribution in [3.63, 3.8) is 0 Å². The van der Waals surface area contributed by atoms with E-state index in [1.54, 1.807) is 35.1 Å². The number of ether oxygens (including phenoxy) is 7. The number of rotatable bonds is 10. The monoisotopic (exact) mass is 758 g/mol. The predicted molar refractivity (Wildman–Crippen MR) is 201 cm³/mol. The summed E-state index contributed by atoms with van der Waals surface area (Å²) in [6.07, 6.45) is -3.61. The number of methoxy groups -OCH3 is 2. The number of aliphatic hydroxyl groups is 2. The first kappa shape index (κ1) is 45.7. The quantitative estimate of drug-likeness (QED) is 0.144. The Bertz CT molecular complexity index is 1200. The molecule has 0 aromatic heterocycles. The molecule has 0 bridgehead atoms. The molecule has 0 aliphatic carbocycles. The fraction of sp³-hybridized carbons (Fsp3) is 0.897. The van der Waals surface area contributed by atoms with Crippen LogP contribution in [0.5, 0.6) is 0 Å². The zero-order chi connectivity index (χ0) is 39.8. The summed E-state index contributed by atoms with van der Waals surface area (Å²) >= 11 is 0. The number of esters is 1. The number of cyclic esters (lactones) is 1. The van der Waals surface area contributed by atoms with Gasteiger partial charge in [-0.25, -0.2) is 0 Å². The molecule has 308 valence electrons. The molecule has 0 amide bonds. The fourth-order valence-electron chi connectivity index (χ4n) is 8.38. The van der Waals surface area contributed by atoms with E-state index in [1.165, 1.54) is 6.26 Å². The van der Waals surface area contributed by atoms with Gasteiger partial charge >= 0.3 is 5.97 Å². The Morgan fingerprint density at radius 3 is 2.25 bits per heavy atom. The van der Waals surface area contributed by atoms with E-state index in [-0.39, 0.29) is 36.4 Å². The third-order valence-electron chi connectivity index (χ3n) is 11.9. The molecule has 4 unspecified atom stereocenters. The molecule has 17 atom stereocenters. The van der Waals surface area contributed by atoms with Gasteiger partial charge in [0.05, 0.1) is 47.2 Å². The number of carbonyl (C=O) groups is 1. The van der Waals surface area contributed by atoms with E-state index in [1.807, 2.05) is 41.5 Å². The first-order valence-electron chi connectivity index (χ1n) is 19.4. The van der Waals surface area contributed by atoms with Crippen LogP contribution in [0, 0.1) is 23.7 Å². The van der Waals surface area contributed by atoms with Crippen LogP contribution in [-0.2, 0) is 42.8 Å². The van der Waals surface area contributed by atoms with Crippen LogP contribution in [0.1, 0.15) is 94.9 Å². The van der Waals surface area contributed by atoms with Crippen molar-refractivity contribution >= 4 is 11.7 Å². The molecule has 3 fully saturated rings. The van der Waals surface area contributed by atoms with Crippen molar-refractivity contribution in [1.29, 1.82) is 0 Å². The Labute approximate surface area is 318 Å². The Morgan fingerprint density at radius 1 is 1.00 bits per heavy atom. The smallest absolute Gasteiger partial charge is 0.311 e. The molecule has 0 aromatic rings. The lowest BCUT2D eigenvalue weighted by molar-refractivity contribution is -0.317. The van der Waals surface area contributed by atoms with Crippen molar-refractivity contribution in [3.8, 4) is 0 Å². The minimum absolute atomic E-state index is 0.0738. The average molecular weight is 758 g/mol. The van der Waals surface area contributed by atoms with Gasteiger partial charge in [0.25, 0.3) is 0 Å². The molecule has 0 saturated carbocycles. The molecule has 4 N–H and O–H groups in total. The number of hydrogen-bond acceptors (Lipinski definition) is 14. The van der Waals surface area contributed by atoms with Gasteiger partial charge in [-0.05, 0) is 67.9 Å². The van der Waals surface area contributed by atoms with E-state index in [9.17, 15) is 15.0 Å². The largest absolute Gasteiger partial charge is 0.460 e. The second-order valence-corrected chi connectivity index (χ2v) is 16.1.